The van der Waals surface area contributed by atoms with Crippen LogP contribution in [0, 0.1) is 0 Å². The highest BCUT2D eigenvalue weighted by molar-refractivity contribution is 5.69. The third-order valence-corrected chi connectivity index (χ3v) is 4.30. The van der Waals surface area contributed by atoms with E-state index in [0.717, 1.165) is 12.0 Å². The van der Waals surface area contributed by atoms with E-state index in [-0.39, 0.29) is 29.9 Å². The summed E-state index contributed by atoms with van der Waals surface area (Å²) < 4.78 is 11.0. The van der Waals surface area contributed by atoms with Crippen LogP contribution in [0.1, 0.15) is 31.9 Å². The number of rotatable bonds is 1. The van der Waals surface area contributed by atoms with Crippen LogP contribution in [-0.2, 0) is 9.47 Å². The third-order valence-electron chi connectivity index (χ3n) is 4.30. The summed E-state index contributed by atoms with van der Waals surface area (Å²) in [6, 6.07) is 10.3. The molecule has 1 amide bonds. The lowest BCUT2D eigenvalue weighted by atomic mass is 9.82. The molecule has 4 heteroatoms. The Bertz CT molecular complexity index is 489. The molecule has 0 radical (unpaired) electrons. The van der Waals surface area contributed by atoms with Crippen molar-refractivity contribution in [1.29, 1.82) is 0 Å². The van der Waals surface area contributed by atoms with Crippen LogP contribution >= 0.6 is 0 Å². The van der Waals surface area contributed by atoms with E-state index in [1.807, 2.05) is 42.2 Å². The molecule has 2 fully saturated rings. The van der Waals surface area contributed by atoms with Gasteiger partial charge in [0.25, 0.3) is 0 Å². The minimum absolute atomic E-state index is 0.0461. The molecule has 102 valence electrons. The second-order valence-corrected chi connectivity index (χ2v) is 5.64. The first-order valence-corrected chi connectivity index (χ1v) is 6.66. The minimum atomic E-state index is -0.259. The van der Waals surface area contributed by atoms with E-state index in [4.69, 9.17) is 9.47 Å². The van der Waals surface area contributed by atoms with Gasteiger partial charge in [-0.3, -0.25) is 4.90 Å². The summed E-state index contributed by atoms with van der Waals surface area (Å²) in [7, 11) is 1.43. The van der Waals surface area contributed by atoms with Gasteiger partial charge in [-0.2, -0.15) is 0 Å². The molecule has 0 N–H and O–H groups in total. The molecule has 4 nitrogen and oxygen atoms in total. The number of amides is 1. The van der Waals surface area contributed by atoms with E-state index in [1.165, 1.54) is 7.11 Å². The highest BCUT2D eigenvalue weighted by Crippen LogP contribution is 2.54. The van der Waals surface area contributed by atoms with Crippen LogP contribution in [0.15, 0.2) is 30.3 Å². The van der Waals surface area contributed by atoms with Crippen molar-refractivity contribution < 1.29 is 14.3 Å². The second kappa shape index (κ2) is 4.23. The SMILES string of the molecule is COC(=O)N1[C@H](C)C[C@]2(C)O[C@H](c3ccccc3)[C@H]12. The van der Waals surface area contributed by atoms with Gasteiger partial charge in [0.15, 0.2) is 0 Å². The smallest absolute Gasteiger partial charge is 0.410 e. The van der Waals surface area contributed by atoms with Gasteiger partial charge in [0.2, 0.25) is 0 Å². The molecule has 2 aliphatic rings. The molecular weight excluding hydrogens is 242 g/mol. The van der Waals surface area contributed by atoms with E-state index < -0.39 is 0 Å². The summed E-state index contributed by atoms with van der Waals surface area (Å²) in [4.78, 5) is 13.8. The number of nitrogens with zero attached hydrogens (tertiary/aromatic N) is 1. The Balaban J connectivity index is 1.91. The van der Waals surface area contributed by atoms with Crippen LogP contribution in [0.2, 0.25) is 0 Å². The van der Waals surface area contributed by atoms with Crippen molar-refractivity contribution in [2.75, 3.05) is 7.11 Å². The molecule has 4 atom stereocenters. The van der Waals surface area contributed by atoms with Gasteiger partial charge in [-0.1, -0.05) is 30.3 Å². The van der Waals surface area contributed by atoms with Crippen molar-refractivity contribution in [3.63, 3.8) is 0 Å². The largest absolute Gasteiger partial charge is 0.453 e. The summed E-state index contributed by atoms with van der Waals surface area (Å²) in [5.74, 6) is 0. The molecule has 2 heterocycles. The van der Waals surface area contributed by atoms with Gasteiger partial charge >= 0.3 is 6.09 Å². The van der Waals surface area contributed by atoms with Gasteiger partial charge in [-0.15, -0.1) is 0 Å². The van der Waals surface area contributed by atoms with Gasteiger partial charge in [0, 0.05) is 6.04 Å². The van der Waals surface area contributed by atoms with E-state index in [2.05, 4.69) is 6.92 Å². The van der Waals surface area contributed by atoms with Crippen molar-refractivity contribution in [1.82, 2.24) is 4.90 Å². The second-order valence-electron chi connectivity index (χ2n) is 5.64. The summed E-state index contributed by atoms with van der Waals surface area (Å²) in [6.45, 7) is 4.13. The lowest BCUT2D eigenvalue weighted by Crippen LogP contribution is -2.60. The maximum atomic E-state index is 12.0. The molecule has 0 spiro atoms. The molecule has 0 saturated carbocycles. The monoisotopic (exact) mass is 261 g/mol. The fraction of sp³-hybridized carbons (Fsp3) is 0.533. The van der Waals surface area contributed by atoms with E-state index >= 15 is 0 Å². The number of carbonyl (C=O) groups excluding carboxylic acids is 1. The number of benzene rings is 1. The molecule has 2 aliphatic heterocycles. The van der Waals surface area contributed by atoms with Crippen molar-refractivity contribution in [3.05, 3.63) is 35.9 Å². The zero-order valence-electron chi connectivity index (χ0n) is 11.5. The predicted octanol–water partition coefficient (Wildman–Crippen LogP) is 2.75. The number of likely N-dealkylation sites (tertiary alicyclic amines) is 1. The van der Waals surface area contributed by atoms with Gasteiger partial charge < -0.3 is 9.47 Å². The molecule has 0 aliphatic carbocycles. The van der Waals surface area contributed by atoms with Crippen LogP contribution < -0.4 is 0 Å². The van der Waals surface area contributed by atoms with Crippen molar-refractivity contribution >= 4 is 6.09 Å². The Kier molecular flexibility index (Phi) is 2.78. The summed E-state index contributed by atoms with van der Waals surface area (Å²) in [5.41, 5.74) is 0.877. The lowest BCUT2D eigenvalue weighted by molar-refractivity contribution is -0.227. The Morgan fingerprint density at radius 1 is 1.42 bits per heavy atom. The molecule has 0 bridgehead atoms. The minimum Gasteiger partial charge on any atom is -0.453 e. The number of carbonyl (C=O) groups is 1. The standard InChI is InChI=1S/C15H19NO3/c1-10-9-15(2)13(16(10)14(17)18-3)12(19-15)11-7-5-4-6-8-11/h4-8,10,12-13H,9H2,1-3H3/t10-,12-,13+,15+/m1/s1. The van der Waals surface area contributed by atoms with Crippen LogP contribution in [0.3, 0.4) is 0 Å². The zero-order valence-corrected chi connectivity index (χ0v) is 11.5. The van der Waals surface area contributed by atoms with E-state index in [9.17, 15) is 4.79 Å². The van der Waals surface area contributed by atoms with Crippen LogP contribution in [-0.4, -0.2) is 35.8 Å². The van der Waals surface area contributed by atoms with Crippen molar-refractivity contribution in [2.45, 2.75) is 44.1 Å². The van der Waals surface area contributed by atoms with Gasteiger partial charge in [0.1, 0.15) is 6.10 Å². The topological polar surface area (TPSA) is 38.8 Å². The number of hydrogen-bond donors (Lipinski definition) is 0. The first-order valence-electron chi connectivity index (χ1n) is 6.66. The summed E-state index contributed by atoms with van der Waals surface area (Å²) in [6.07, 6.45) is 0.552. The zero-order chi connectivity index (χ0) is 13.6. The van der Waals surface area contributed by atoms with Crippen LogP contribution in [0.25, 0.3) is 0 Å². The molecule has 0 aromatic heterocycles. The first kappa shape index (κ1) is 12.5. The fourth-order valence-corrected chi connectivity index (χ4v) is 3.53. The fourth-order valence-electron chi connectivity index (χ4n) is 3.53. The third kappa shape index (κ3) is 1.74. The van der Waals surface area contributed by atoms with Crippen molar-refractivity contribution in [3.8, 4) is 0 Å². The number of fused-ring (bicyclic) bond motifs is 1. The highest BCUT2D eigenvalue weighted by atomic mass is 16.6. The number of methoxy groups -OCH3 is 1. The maximum Gasteiger partial charge on any atom is 0.410 e. The average Bonchev–Trinajstić information content (AvgIpc) is 2.60. The Morgan fingerprint density at radius 2 is 2.11 bits per heavy atom. The molecule has 3 rings (SSSR count). The van der Waals surface area contributed by atoms with Gasteiger partial charge in [-0.25, -0.2) is 4.79 Å². The van der Waals surface area contributed by atoms with Crippen LogP contribution in [0.5, 0.6) is 0 Å². The van der Waals surface area contributed by atoms with E-state index in [1.54, 1.807) is 0 Å². The van der Waals surface area contributed by atoms with Crippen molar-refractivity contribution in [2.24, 2.45) is 0 Å². The molecule has 2 saturated heterocycles. The number of hydrogen-bond acceptors (Lipinski definition) is 3. The summed E-state index contributed by atoms with van der Waals surface area (Å²) in [5, 5.41) is 0. The Hall–Kier alpha value is -1.55. The molecular formula is C15H19NO3. The van der Waals surface area contributed by atoms with Crippen LogP contribution in [0.4, 0.5) is 4.79 Å². The highest BCUT2D eigenvalue weighted by Gasteiger charge is 2.63. The molecule has 1 aromatic carbocycles. The molecule has 19 heavy (non-hydrogen) atoms. The molecule has 1 aromatic rings. The Labute approximate surface area is 113 Å². The molecule has 0 unspecified atom stereocenters. The maximum absolute atomic E-state index is 12.0. The van der Waals surface area contributed by atoms with E-state index in [0.29, 0.717) is 0 Å². The van der Waals surface area contributed by atoms with Gasteiger partial charge in [-0.05, 0) is 25.8 Å². The lowest BCUT2D eigenvalue weighted by Gasteiger charge is -2.51. The average molecular weight is 261 g/mol. The number of ether oxygens (including phenoxy) is 2. The Morgan fingerprint density at radius 3 is 2.74 bits per heavy atom. The first-order chi connectivity index (χ1) is 9.07. The quantitative estimate of drug-likeness (QED) is 0.780. The summed E-state index contributed by atoms with van der Waals surface area (Å²) >= 11 is 0. The normalized spacial score (nSPS) is 36.6. The predicted molar refractivity (Wildman–Crippen MR) is 70.8 cm³/mol. The van der Waals surface area contributed by atoms with Gasteiger partial charge in [0.05, 0.1) is 18.8 Å².